The van der Waals surface area contributed by atoms with E-state index in [1.165, 1.54) is 0 Å². The molecule has 0 aromatic carbocycles. The summed E-state index contributed by atoms with van der Waals surface area (Å²) in [5, 5.41) is 7.11. The predicted octanol–water partition coefficient (Wildman–Crippen LogP) is 0.718. The number of imidazole rings is 1. The van der Waals surface area contributed by atoms with Gasteiger partial charge in [0.1, 0.15) is 5.82 Å². The molecule has 1 saturated heterocycles. The number of nitrogens with zero attached hydrogens (tertiary/aromatic N) is 4. The van der Waals surface area contributed by atoms with Crippen molar-refractivity contribution < 1.29 is 9.53 Å². The van der Waals surface area contributed by atoms with Crippen LogP contribution in [0.1, 0.15) is 35.4 Å². The minimum Gasteiger partial charge on any atom is -0.376 e. The van der Waals surface area contributed by atoms with Crippen LogP contribution in [0.2, 0.25) is 0 Å². The highest BCUT2D eigenvalue weighted by Crippen LogP contribution is 2.29. The molecular weight excluding hydrogens is 296 g/mol. The summed E-state index contributed by atoms with van der Waals surface area (Å²) in [6.45, 7) is 4.99. The molecule has 1 aliphatic rings. The van der Waals surface area contributed by atoms with Crippen LogP contribution in [-0.2, 0) is 16.0 Å². The molecule has 0 bridgehead atoms. The Morgan fingerprint density at radius 2 is 2.30 bits per heavy atom. The molecule has 0 unspecified atom stereocenters. The summed E-state index contributed by atoms with van der Waals surface area (Å²) in [5.74, 6) is 1.72. The lowest BCUT2D eigenvalue weighted by molar-refractivity contribution is -0.130. The molecule has 2 aromatic rings. The van der Waals surface area contributed by atoms with Crippen LogP contribution < -0.4 is 0 Å². The first-order valence-electron chi connectivity index (χ1n) is 7.78. The molecule has 3 rings (SSSR count). The van der Waals surface area contributed by atoms with Crippen LogP contribution >= 0.6 is 0 Å². The van der Waals surface area contributed by atoms with Crippen LogP contribution in [0.15, 0.2) is 6.33 Å². The maximum atomic E-state index is 12.4. The Bertz CT molecular complexity index is 679. The first-order valence-corrected chi connectivity index (χ1v) is 7.78. The van der Waals surface area contributed by atoms with Gasteiger partial charge in [0.25, 0.3) is 0 Å². The van der Waals surface area contributed by atoms with Gasteiger partial charge in [-0.3, -0.25) is 9.89 Å². The molecule has 1 amide bonds. The minimum atomic E-state index is -0.0700. The largest absolute Gasteiger partial charge is 0.376 e. The number of hydrogen-bond donors (Lipinski definition) is 2. The fourth-order valence-corrected chi connectivity index (χ4v) is 2.86. The van der Waals surface area contributed by atoms with E-state index in [2.05, 4.69) is 25.1 Å². The summed E-state index contributed by atoms with van der Waals surface area (Å²) >= 11 is 0. The number of rotatable bonds is 5. The Morgan fingerprint density at radius 1 is 1.48 bits per heavy atom. The molecule has 23 heavy (non-hydrogen) atoms. The second-order valence-corrected chi connectivity index (χ2v) is 6.01. The molecule has 2 aromatic heterocycles. The zero-order valence-corrected chi connectivity index (χ0v) is 13.7. The van der Waals surface area contributed by atoms with E-state index in [4.69, 9.17) is 4.74 Å². The third-order valence-corrected chi connectivity index (χ3v) is 4.29. The molecule has 1 aliphatic heterocycles. The number of aromatic nitrogens is 5. The van der Waals surface area contributed by atoms with E-state index in [1.54, 1.807) is 18.3 Å². The van der Waals surface area contributed by atoms with Crippen molar-refractivity contribution in [1.82, 2.24) is 30.0 Å². The lowest BCUT2D eigenvalue weighted by atomic mass is 10.0. The number of H-pyrrole nitrogens is 2. The van der Waals surface area contributed by atoms with E-state index in [1.807, 2.05) is 13.8 Å². The van der Waals surface area contributed by atoms with Gasteiger partial charge in [-0.25, -0.2) is 9.97 Å². The number of carbonyl (C=O) groups excluding carboxylic acids is 1. The number of amides is 1. The molecular formula is C15H22N6O2. The van der Waals surface area contributed by atoms with Gasteiger partial charge in [0.15, 0.2) is 5.82 Å². The van der Waals surface area contributed by atoms with Crippen molar-refractivity contribution in [2.45, 2.75) is 38.7 Å². The maximum Gasteiger partial charge on any atom is 0.228 e. The summed E-state index contributed by atoms with van der Waals surface area (Å²) in [5.41, 5.74) is 1.72. The average Bonchev–Trinajstić information content (AvgIpc) is 3.22. The molecule has 0 spiro atoms. The Hall–Kier alpha value is -2.22. The standard InChI is InChI=1S/C15H22N6O2/c1-9-12(17-8-16-9)6-14(22)21(3)7-13-11(4-5-23-13)15-18-10(2)19-20-15/h8,11,13H,4-7H2,1-3H3,(H,16,17)(H,18,19,20)/t11-,13-/m1/s1. The number of nitrogens with one attached hydrogen (secondary N) is 2. The third kappa shape index (κ3) is 3.42. The molecule has 0 saturated carbocycles. The van der Waals surface area contributed by atoms with Crippen molar-refractivity contribution in [1.29, 1.82) is 0 Å². The summed E-state index contributed by atoms with van der Waals surface area (Å²) in [6.07, 6.45) is 2.71. The third-order valence-electron chi connectivity index (χ3n) is 4.29. The van der Waals surface area contributed by atoms with Crippen molar-refractivity contribution in [3.63, 3.8) is 0 Å². The highest BCUT2D eigenvalue weighted by molar-refractivity contribution is 5.78. The highest BCUT2D eigenvalue weighted by atomic mass is 16.5. The van der Waals surface area contributed by atoms with E-state index < -0.39 is 0 Å². The van der Waals surface area contributed by atoms with Crippen molar-refractivity contribution in [3.05, 3.63) is 29.4 Å². The summed E-state index contributed by atoms with van der Waals surface area (Å²) in [7, 11) is 1.80. The predicted molar refractivity (Wildman–Crippen MR) is 82.9 cm³/mol. The van der Waals surface area contributed by atoms with Crippen molar-refractivity contribution >= 4 is 5.91 Å². The SMILES string of the molecule is Cc1nc([C@@H]2CCO[C@@H]2CN(C)C(=O)Cc2nc[nH]c2C)n[nH]1. The lowest BCUT2D eigenvalue weighted by Crippen LogP contribution is -2.37. The first kappa shape index (κ1) is 15.7. The summed E-state index contributed by atoms with van der Waals surface area (Å²) in [6, 6.07) is 0. The molecule has 8 nitrogen and oxygen atoms in total. The summed E-state index contributed by atoms with van der Waals surface area (Å²) in [4.78, 5) is 25.7. The molecule has 8 heteroatoms. The molecule has 2 N–H and O–H groups in total. The summed E-state index contributed by atoms with van der Waals surface area (Å²) < 4.78 is 5.80. The minimum absolute atomic E-state index is 0.0283. The molecule has 3 heterocycles. The number of aryl methyl sites for hydroxylation is 2. The number of carbonyl (C=O) groups is 1. The van der Waals surface area contributed by atoms with Crippen LogP contribution in [0.4, 0.5) is 0 Å². The smallest absolute Gasteiger partial charge is 0.228 e. The molecule has 124 valence electrons. The van der Waals surface area contributed by atoms with Crippen LogP contribution in [0, 0.1) is 13.8 Å². The van der Waals surface area contributed by atoms with Crippen molar-refractivity contribution in [3.8, 4) is 0 Å². The zero-order valence-electron chi connectivity index (χ0n) is 13.7. The Balaban J connectivity index is 1.61. The van der Waals surface area contributed by atoms with Gasteiger partial charge in [0.2, 0.25) is 5.91 Å². The number of hydrogen-bond acceptors (Lipinski definition) is 5. The van der Waals surface area contributed by atoms with E-state index in [9.17, 15) is 4.79 Å². The fraction of sp³-hybridized carbons (Fsp3) is 0.600. The van der Waals surface area contributed by atoms with Gasteiger partial charge in [0, 0.05) is 25.9 Å². The van der Waals surface area contributed by atoms with E-state index in [0.29, 0.717) is 19.6 Å². The quantitative estimate of drug-likeness (QED) is 0.846. The number of ether oxygens (including phenoxy) is 1. The second-order valence-electron chi connectivity index (χ2n) is 6.01. The number of likely N-dealkylation sites (N-methyl/N-ethyl adjacent to an activating group) is 1. The van der Waals surface area contributed by atoms with Crippen molar-refractivity contribution in [2.24, 2.45) is 0 Å². The topological polar surface area (TPSA) is 99.8 Å². The maximum absolute atomic E-state index is 12.4. The Kier molecular flexibility index (Phi) is 4.42. The van der Waals surface area contributed by atoms with Gasteiger partial charge in [-0.05, 0) is 20.3 Å². The molecule has 0 radical (unpaired) electrons. The monoisotopic (exact) mass is 318 g/mol. The second kappa shape index (κ2) is 6.49. The van der Waals surface area contributed by atoms with Gasteiger partial charge in [0.05, 0.1) is 30.5 Å². The van der Waals surface area contributed by atoms with Gasteiger partial charge >= 0.3 is 0 Å². The molecule has 2 atom stereocenters. The average molecular weight is 318 g/mol. The van der Waals surface area contributed by atoms with E-state index >= 15 is 0 Å². The van der Waals surface area contributed by atoms with Crippen LogP contribution in [0.3, 0.4) is 0 Å². The number of aromatic amines is 2. The van der Waals surface area contributed by atoms with Crippen molar-refractivity contribution in [2.75, 3.05) is 20.2 Å². The van der Waals surface area contributed by atoms with E-state index in [0.717, 1.165) is 29.5 Å². The van der Waals surface area contributed by atoms with Gasteiger partial charge in [-0.15, -0.1) is 0 Å². The fourth-order valence-electron chi connectivity index (χ4n) is 2.86. The van der Waals surface area contributed by atoms with Crippen LogP contribution in [0.5, 0.6) is 0 Å². The highest BCUT2D eigenvalue weighted by Gasteiger charge is 2.34. The zero-order chi connectivity index (χ0) is 16.4. The van der Waals surface area contributed by atoms with Crippen LogP contribution in [-0.4, -0.2) is 62.3 Å². The van der Waals surface area contributed by atoms with Crippen LogP contribution in [0.25, 0.3) is 0 Å². The Labute approximate surface area is 134 Å². The Morgan fingerprint density at radius 3 is 2.96 bits per heavy atom. The first-order chi connectivity index (χ1) is 11.0. The molecule has 1 fully saturated rings. The van der Waals surface area contributed by atoms with Gasteiger partial charge in [-0.1, -0.05) is 0 Å². The molecule has 0 aliphatic carbocycles. The normalized spacial score (nSPS) is 20.8. The van der Waals surface area contributed by atoms with Gasteiger partial charge < -0.3 is 14.6 Å². The lowest BCUT2D eigenvalue weighted by Gasteiger charge is -2.23. The van der Waals surface area contributed by atoms with E-state index in [-0.39, 0.29) is 17.9 Å². The van der Waals surface area contributed by atoms with Gasteiger partial charge in [-0.2, -0.15) is 5.10 Å².